The van der Waals surface area contributed by atoms with Crippen LogP contribution in [0.1, 0.15) is 53.5 Å². The van der Waals surface area contributed by atoms with Crippen molar-refractivity contribution in [3.8, 4) is 11.3 Å². The minimum Gasteiger partial charge on any atom is -0.355 e. The van der Waals surface area contributed by atoms with Gasteiger partial charge in [-0.05, 0) is 44.7 Å². The number of hydrogen-bond donors (Lipinski definition) is 1. The zero-order chi connectivity index (χ0) is 24.6. The van der Waals surface area contributed by atoms with Gasteiger partial charge in [0.25, 0.3) is 5.91 Å². The number of amides is 1. The number of hydrogen-bond acceptors (Lipinski definition) is 6. The van der Waals surface area contributed by atoms with Gasteiger partial charge in [0.05, 0.1) is 17.4 Å². The molecule has 8 nitrogen and oxygen atoms in total. The molecule has 1 unspecified atom stereocenters. The van der Waals surface area contributed by atoms with Crippen LogP contribution in [0.5, 0.6) is 0 Å². The van der Waals surface area contributed by atoms with Gasteiger partial charge in [0, 0.05) is 49.1 Å². The number of aromatic nitrogens is 4. The molecule has 2 saturated heterocycles. The molecule has 36 heavy (non-hydrogen) atoms. The number of pyridine rings is 1. The van der Waals surface area contributed by atoms with Crippen LogP contribution in [0.4, 0.5) is 5.82 Å². The first-order chi connectivity index (χ1) is 17.6. The van der Waals surface area contributed by atoms with Crippen LogP contribution in [-0.2, 0) is 0 Å². The standard InChI is InChI=1S/C28H31N7O/c1-19-17-35-26(31-27(19)33-15-13-21(29)18-33)16-24(32-35)25-12-5-6-14-34(25)28(36)23-11-7-10-22(30-23)20-8-3-2-4-9-20/h2-4,7-11,16-17,21,25H,5-6,12-15,18,29H2,1H3/t21?,25-/m0/s1. The number of nitrogens with zero attached hydrogens (tertiary/aromatic N) is 6. The number of nitrogens with two attached hydrogens (primary N) is 1. The van der Waals surface area contributed by atoms with Crippen molar-refractivity contribution in [3.05, 3.63) is 77.7 Å². The molecule has 0 radical (unpaired) electrons. The second kappa shape index (κ2) is 9.35. The number of carbonyl (C=O) groups excluding carboxylic acids is 1. The monoisotopic (exact) mass is 481 g/mol. The lowest BCUT2D eigenvalue weighted by Crippen LogP contribution is -2.39. The van der Waals surface area contributed by atoms with Gasteiger partial charge in [-0.25, -0.2) is 14.5 Å². The van der Waals surface area contributed by atoms with Crippen molar-refractivity contribution in [3.63, 3.8) is 0 Å². The number of likely N-dealkylation sites (tertiary alicyclic amines) is 1. The number of benzene rings is 1. The molecule has 184 valence electrons. The smallest absolute Gasteiger partial charge is 0.273 e. The van der Waals surface area contributed by atoms with Crippen LogP contribution < -0.4 is 10.6 Å². The Kier molecular flexibility index (Phi) is 5.89. The molecule has 8 heteroatoms. The van der Waals surface area contributed by atoms with Gasteiger partial charge in [-0.3, -0.25) is 4.79 Å². The molecule has 2 atom stereocenters. The van der Waals surface area contributed by atoms with E-state index >= 15 is 0 Å². The molecule has 0 spiro atoms. The van der Waals surface area contributed by atoms with Gasteiger partial charge in [-0.15, -0.1) is 0 Å². The summed E-state index contributed by atoms with van der Waals surface area (Å²) in [5, 5.41) is 4.87. The van der Waals surface area contributed by atoms with E-state index in [2.05, 4.69) is 11.8 Å². The average Bonchev–Trinajstić information content (AvgIpc) is 3.54. The first-order valence-electron chi connectivity index (χ1n) is 12.8. The summed E-state index contributed by atoms with van der Waals surface area (Å²) in [7, 11) is 0. The molecule has 2 aliphatic heterocycles. The summed E-state index contributed by atoms with van der Waals surface area (Å²) >= 11 is 0. The Morgan fingerprint density at radius 2 is 1.86 bits per heavy atom. The van der Waals surface area contributed by atoms with E-state index in [0.29, 0.717) is 12.2 Å². The maximum Gasteiger partial charge on any atom is 0.273 e. The predicted octanol–water partition coefficient (Wildman–Crippen LogP) is 4.00. The van der Waals surface area contributed by atoms with Crippen LogP contribution in [0.15, 0.2) is 60.8 Å². The minimum atomic E-state index is -0.0981. The fourth-order valence-corrected chi connectivity index (χ4v) is 5.43. The van der Waals surface area contributed by atoms with Crippen LogP contribution in [0.2, 0.25) is 0 Å². The SMILES string of the molecule is Cc1cn2nc([C@@H]3CCCCN3C(=O)c3cccc(-c4ccccc4)n3)cc2nc1N1CCC(N)C1. The molecule has 1 amide bonds. The van der Waals surface area contributed by atoms with Gasteiger partial charge in [-0.1, -0.05) is 36.4 Å². The third-order valence-electron chi connectivity index (χ3n) is 7.29. The first kappa shape index (κ1) is 22.7. The molecular weight excluding hydrogens is 450 g/mol. The van der Waals surface area contributed by atoms with E-state index in [0.717, 1.165) is 72.8 Å². The summed E-state index contributed by atoms with van der Waals surface area (Å²) in [4.78, 5) is 27.5. The summed E-state index contributed by atoms with van der Waals surface area (Å²) in [5.41, 5.74) is 11.2. The Balaban J connectivity index is 1.30. The van der Waals surface area contributed by atoms with Gasteiger partial charge in [0.2, 0.25) is 0 Å². The molecule has 0 bridgehead atoms. The second-order valence-electron chi connectivity index (χ2n) is 9.90. The normalized spacial score (nSPS) is 20.3. The van der Waals surface area contributed by atoms with Crippen LogP contribution in [0.3, 0.4) is 0 Å². The van der Waals surface area contributed by atoms with Crippen molar-refractivity contribution in [2.45, 2.75) is 44.7 Å². The summed E-state index contributed by atoms with van der Waals surface area (Å²) < 4.78 is 1.84. The Morgan fingerprint density at radius 1 is 1.00 bits per heavy atom. The van der Waals surface area contributed by atoms with Crippen molar-refractivity contribution in [1.82, 2.24) is 24.5 Å². The quantitative estimate of drug-likeness (QED) is 0.474. The number of carbonyl (C=O) groups is 1. The van der Waals surface area contributed by atoms with Gasteiger partial charge in [-0.2, -0.15) is 5.10 Å². The Morgan fingerprint density at radius 3 is 2.67 bits per heavy atom. The number of rotatable bonds is 4. The van der Waals surface area contributed by atoms with E-state index < -0.39 is 0 Å². The minimum absolute atomic E-state index is 0.0505. The molecule has 0 saturated carbocycles. The third kappa shape index (κ3) is 4.22. The molecule has 5 heterocycles. The van der Waals surface area contributed by atoms with E-state index in [-0.39, 0.29) is 18.0 Å². The predicted molar refractivity (Wildman–Crippen MR) is 140 cm³/mol. The summed E-state index contributed by atoms with van der Waals surface area (Å²) in [6.07, 6.45) is 5.93. The summed E-state index contributed by atoms with van der Waals surface area (Å²) in [5.74, 6) is 0.922. The fourth-order valence-electron chi connectivity index (χ4n) is 5.43. The highest BCUT2D eigenvalue weighted by Crippen LogP contribution is 2.33. The van der Waals surface area contributed by atoms with Gasteiger partial charge in [0.15, 0.2) is 5.65 Å². The van der Waals surface area contributed by atoms with Gasteiger partial charge < -0.3 is 15.5 Å². The van der Waals surface area contributed by atoms with Crippen molar-refractivity contribution in [2.24, 2.45) is 5.73 Å². The lowest BCUT2D eigenvalue weighted by atomic mass is 9.98. The van der Waals surface area contributed by atoms with Gasteiger partial charge >= 0.3 is 0 Å². The average molecular weight is 482 g/mol. The largest absolute Gasteiger partial charge is 0.355 e. The summed E-state index contributed by atoms with van der Waals surface area (Å²) in [6.45, 7) is 4.50. The second-order valence-corrected chi connectivity index (χ2v) is 9.90. The van der Waals surface area contributed by atoms with E-state index in [1.165, 1.54) is 0 Å². The lowest BCUT2D eigenvalue weighted by Gasteiger charge is -2.34. The van der Waals surface area contributed by atoms with Crippen LogP contribution in [0.25, 0.3) is 16.9 Å². The molecular formula is C28H31N7O. The van der Waals surface area contributed by atoms with E-state index in [1.54, 1.807) is 0 Å². The molecule has 1 aromatic carbocycles. The number of fused-ring (bicyclic) bond motifs is 1. The van der Waals surface area contributed by atoms with Crippen LogP contribution in [0, 0.1) is 6.92 Å². The maximum atomic E-state index is 13.7. The van der Waals surface area contributed by atoms with E-state index in [1.807, 2.05) is 70.2 Å². The van der Waals surface area contributed by atoms with Crippen molar-refractivity contribution >= 4 is 17.4 Å². The van der Waals surface area contributed by atoms with Gasteiger partial charge in [0.1, 0.15) is 11.5 Å². The van der Waals surface area contributed by atoms with E-state index in [9.17, 15) is 4.79 Å². The molecule has 2 fully saturated rings. The number of piperidine rings is 1. The highest BCUT2D eigenvalue weighted by Gasteiger charge is 2.32. The van der Waals surface area contributed by atoms with E-state index in [4.69, 9.17) is 20.8 Å². The molecule has 2 aliphatic rings. The summed E-state index contributed by atoms with van der Waals surface area (Å²) in [6, 6.07) is 17.7. The zero-order valence-electron chi connectivity index (χ0n) is 20.5. The topological polar surface area (TPSA) is 92.6 Å². The molecule has 2 N–H and O–H groups in total. The third-order valence-corrected chi connectivity index (χ3v) is 7.29. The Bertz CT molecular complexity index is 1400. The fraction of sp³-hybridized carbons (Fsp3) is 0.357. The highest BCUT2D eigenvalue weighted by molar-refractivity contribution is 5.93. The molecule has 0 aliphatic carbocycles. The Labute approximate surface area is 210 Å². The lowest BCUT2D eigenvalue weighted by molar-refractivity contribution is 0.0599. The van der Waals surface area contributed by atoms with Crippen molar-refractivity contribution < 1.29 is 4.79 Å². The molecule has 4 aromatic rings. The zero-order valence-corrected chi connectivity index (χ0v) is 20.5. The highest BCUT2D eigenvalue weighted by atomic mass is 16.2. The van der Waals surface area contributed by atoms with Crippen LogP contribution >= 0.6 is 0 Å². The number of aryl methyl sites for hydroxylation is 1. The molecule has 3 aromatic heterocycles. The van der Waals surface area contributed by atoms with Crippen LogP contribution in [-0.4, -0.2) is 56.1 Å². The molecule has 6 rings (SSSR count). The Hall–Kier alpha value is -3.78. The maximum absolute atomic E-state index is 13.7. The van der Waals surface area contributed by atoms with Crippen molar-refractivity contribution in [1.29, 1.82) is 0 Å². The number of anilines is 1. The first-order valence-corrected chi connectivity index (χ1v) is 12.8. The van der Waals surface area contributed by atoms with Crippen molar-refractivity contribution in [2.75, 3.05) is 24.5 Å².